The van der Waals surface area contributed by atoms with Crippen molar-refractivity contribution in [3.8, 4) is 0 Å². The molecular weight excluding hydrogens is 174 g/mol. The van der Waals surface area contributed by atoms with Crippen LogP contribution >= 0.6 is 0 Å². The first-order chi connectivity index (χ1) is 6.83. The van der Waals surface area contributed by atoms with Crippen LogP contribution in [0, 0.1) is 5.92 Å². The van der Waals surface area contributed by atoms with E-state index in [0.29, 0.717) is 17.7 Å². The first kappa shape index (κ1) is 10.2. The van der Waals surface area contributed by atoms with Crippen LogP contribution < -0.4 is 0 Å². The minimum Gasteiger partial charge on any atom is -0.298 e. The predicted molar refractivity (Wildman–Crippen MR) is 57.2 cm³/mol. The van der Waals surface area contributed by atoms with Crippen molar-refractivity contribution in [3.63, 3.8) is 0 Å². The Morgan fingerprint density at radius 1 is 1.36 bits per heavy atom. The highest BCUT2D eigenvalue weighted by molar-refractivity contribution is 5.85. The topological polar surface area (TPSA) is 20.3 Å². The minimum atomic E-state index is 0.303. The van der Waals surface area contributed by atoms with Gasteiger partial charge in [-0.05, 0) is 51.1 Å². The van der Waals surface area contributed by atoms with Crippen LogP contribution in [0.3, 0.4) is 0 Å². The van der Waals surface area contributed by atoms with E-state index < -0.39 is 0 Å². The molecule has 1 unspecified atom stereocenters. The summed E-state index contributed by atoms with van der Waals surface area (Å²) in [6.45, 7) is 4.48. The summed E-state index contributed by atoms with van der Waals surface area (Å²) in [6, 6.07) is 0.303. The lowest BCUT2D eigenvalue weighted by Gasteiger charge is -2.42. The number of hydrogen-bond acceptors (Lipinski definition) is 2. The second-order valence-electron chi connectivity index (χ2n) is 4.74. The standard InChI is InChI=1S/C12H21NO/c1-2-8-13-9-4-6-10-5-3-7-11(14)12(10)13/h10,12H,2-9H2,1H3/t10-,12?/m1/s1. The fourth-order valence-electron chi connectivity index (χ4n) is 3.14. The average molecular weight is 195 g/mol. The zero-order chi connectivity index (χ0) is 9.97. The van der Waals surface area contributed by atoms with Gasteiger partial charge in [-0.2, -0.15) is 0 Å². The minimum absolute atomic E-state index is 0.303. The van der Waals surface area contributed by atoms with E-state index in [0.717, 1.165) is 25.9 Å². The van der Waals surface area contributed by atoms with Crippen molar-refractivity contribution in [2.75, 3.05) is 13.1 Å². The van der Waals surface area contributed by atoms with Crippen LogP contribution in [-0.4, -0.2) is 29.8 Å². The first-order valence-electron chi connectivity index (χ1n) is 6.09. The highest BCUT2D eigenvalue weighted by Gasteiger charge is 2.37. The number of carbonyl (C=O) groups excluding carboxylic acids is 1. The van der Waals surface area contributed by atoms with Crippen molar-refractivity contribution in [2.24, 2.45) is 5.92 Å². The second kappa shape index (κ2) is 4.43. The lowest BCUT2D eigenvalue weighted by Crippen LogP contribution is -2.51. The number of ketones is 1. The van der Waals surface area contributed by atoms with Crippen LogP contribution in [0.5, 0.6) is 0 Å². The van der Waals surface area contributed by atoms with Gasteiger partial charge in [0.25, 0.3) is 0 Å². The number of hydrogen-bond donors (Lipinski definition) is 0. The summed E-state index contributed by atoms with van der Waals surface area (Å²) >= 11 is 0. The highest BCUT2D eigenvalue weighted by atomic mass is 16.1. The highest BCUT2D eigenvalue weighted by Crippen LogP contribution is 2.33. The van der Waals surface area contributed by atoms with Crippen molar-refractivity contribution in [1.82, 2.24) is 4.90 Å². The first-order valence-corrected chi connectivity index (χ1v) is 6.09. The third-order valence-corrected chi connectivity index (χ3v) is 3.70. The maximum absolute atomic E-state index is 11.9. The van der Waals surface area contributed by atoms with E-state index in [2.05, 4.69) is 11.8 Å². The molecule has 0 amide bonds. The molecular formula is C12H21NO. The lowest BCUT2D eigenvalue weighted by molar-refractivity contribution is -0.130. The molecule has 1 saturated heterocycles. The van der Waals surface area contributed by atoms with E-state index in [9.17, 15) is 4.79 Å². The summed E-state index contributed by atoms with van der Waals surface area (Å²) in [4.78, 5) is 14.3. The second-order valence-corrected chi connectivity index (χ2v) is 4.74. The Hall–Kier alpha value is -0.370. The van der Waals surface area contributed by atoms with Gasteiger partial charge >= 0.3 is 0 Å². The Morgan fingerprint density at radius 3 is 2.93 bits per heavy atom. The van der Waals surface area contributed by atoms with Crippen molar-refractivity contribution >= 4 is 5.78 Å². The van der Waals surface area contributed by atoms with Gasteiger partial charge in [0, 0.05) is 6.42 Å². The van der Waals surface area contributed by atoms with Crippen molar-refractivity contribution in [1.29, 1.82) is 0 Å². The number of likely N-dealkylation sites (tertiary alicyclic amines) is 1. The van der Waals surface area contributed by atoms with E-state index in [-0.39, 0.29) is 0 Å². The number of fused-ring (bicyclic) bond motifs is 1. The van der Waals surface area contributed by atoms with Crippen LogP contribution in [0.2, 0.25) is 0 Å². The molecule has 2 heteroatoms. The largest absolute Gasteiger partial charge is 0.298 e. The molecule has 2 fully saturated rings. The summed E-state index contributed by atoms with van der Waals surface area (Å²) < 4.78 is 0. The number of piperidine rings is 1. The number of nitrogens with zero attached hydrogens (tertiary/aromatic N) is 1. The Labute approximate surface area is 86.7 Å². The Balaban J connectivity index is 2.06. The number of carbonyl (C=O) groups is 1. The molecule has 14 heavy (non-hydrogen) atoms. The lowest BCUT2D eigenvalue weighted by atomic mass is 9.77. The summed E-state index contributed by atoms with van der Waals surface area (Å²) in [7, 11) is 0. The van der Waals surface area contributed by atoms with Crippen LogP contribution in [0.25, 0.3) is 0 Å². The molecule has 0 spiro atoms. The molecule has 2 atom stereocenters. The van der Waals surface area contributed by atoms with Crippen LogP contribution in [-0.2, 0) is 4.79 Å². The molecule has 0 aromatic rings. The van der Waals surface area contributed by atoms with Gasteiger partial charge in [0.2, 0.25) is 0 Å². The molecule has 0 aromatic heterocycles. The SMILES string of the molecule is CCCN1CCC[C@H]2CCCC(=O)C21. The molecule has 2 nitrogen and oxygen atoms in total. The molecule has 0 radical (unpaired) electrons. The molecule has 0 N–H and O–H groups in total. The van der Waals surface area contributed by atoms with Gasteiger partial charge in [-0.25, -0.2) is 0 Å². The molecule has 1 heterocycles. The Morgan fingerprint density at radius 2 is 2.14 bits per heavy atom. The maximum Gasteiger partial charge on any atom is 0.150 e. The molecule has 0 bridgehead atoms. The van der Waals surface area contributed by atoms with Gasteiger partial charge in [-0.15, -0.1) is 0 Å². The summed E-state index contributed by atoms with van der Waals surface area (Å²) in [5.41, 5.74) is 0. The van der Waals surface area contributed by atoms with Crippen LogP contribution in [0.1, 0.15) is 45.4 Å². The zero-order valence-electron chi connectivity index (χ0n) is 9.17. The summed E-state index contributed by atoms with van der Waals surface area (Å²) in [6.07, 6.45) is 7.03. The quantitative estimate of drug-likeness (QED) is 0.673. The molecule has 1 aliphatic carbocycles. The van der Waals surface area contributed by atoms with Crippen molar-refractivity contribution in [2.45, 2.75) is 51.5 Å². The normalized spacial score (nSPS) is 34.2. The van der Waals surface area contributed by atoms with Gasteiger partial charge < -0.3 is 0 Å². The number of Topliss-reactive ketones (excluding diaryl/α,β-unsaturated/α-hetero) is 1. The molecule has 80 valence electrons. The van der Waals surface area contributed by atoms with Crippen molar-refractivity contribution < 1.29 is 4.79 Å². The Bertz CT molecular complexity index is 210. The van der Waals surface area contributed by atoms with Gasteiger partial charge in [0.1, 0.15) is 5.78 Å². The molecule has 1 saturated carbocycles. The van der Waals surface area contributed by atoms with E-state index in [1.54, 1.807) is 0 Å². The third kappa shape index (κ3) is 1.85. The van der Waals surface area contributed by atoms with Gasteiger partial charge in [-0.1, -0.05) is 6.92 Å². The van der Waals surface area contributed by atoms with Gasteiger partial charge in [-0.3, -0.25) is 9.69 Å². The van der Waals surface area contributed by atoms with E-state index in [1.165, 1.54) is 25.7 Å². The summed E-state index contributed by atoms with van der Waals surface area (Å²) in [5, 5.41) is 0. The Kier molecular flexibility index (Phi) is 3.22. The van der Waals surface area contributed by atoms with E-state index in [1.807, 2.05) is 0 Å². The summed E-state index contributed by atoms with van der Waals surface area (Å²) in [5.74, 6) is 1.21. The third-order valence-electron chi connectivity index (χ3n) is 3.70. The fraction of sp³-hybridized carbons (Fsp3) is 0.917. The van der Waals surface area contributed by atoms with Crippen molar-refractivity contribution in [3.05, 3.63) is 0 Å². The average Bonchev–Trinajstić information content (AvgIpc) is 2.19. The predicted octanol–water partition coefficient (Wildman–Crippen LogP) is 2.23. The molecule has 2 rings (SSSR count). The molecule has 1 aliphatic heterocycles. The van der Waals surface area contributed by atoms with Crippen LogP contribution in [0.15, 0.2) is 0 Å². The maximum atomic E-state index is 11.9. The fourth-order valence-corrected chi connectivity index (χ4v) is 3.14. The van der Waals surface area contributed by atoms with Crippen LogP contribution in [0.4, 0.5) is 0 Å². The number of rotatable bonds is 2. The van der Waals surface area contributed by atoms with Gasteiger partial charge in [0.15, 0.2) is 0 Å². The monoisotopic (exact) mass is 195 g/mol. The molecule has 0 aromatic carbocycles. The molecule has 2 aliphatic rings. The zero-order valence-corrected chi connectivity index (χ0v) is 9.17. The van der Waals surface area contributed by atoms with E-state index in [4.69, 9.17) is 0 Å². The van der Waals surface area contributed by atoms with Gasteiger partial charge in [0.05, 0.1) is 6.04 Å². The van der Waals surface area contributed by atoms with E-state index >= 15 is 0 Å². The smallest absolute Gasteiger partial charge is 0.150 e.